The van der Waals surface area contributed by atoms with E-state index in [2.05, 4.69) is 21.2 Å². The molecule has 7 heteroatoms. The zero-order valence-electron chi connectivity index (χ0n) is 10.9. The molecule has 2 aromatic rings. The van der Waals surface area contributed by atoms with Gasteiger partial charge in [-0.25, -0.2) is 4.79 Å². The Morgan fingerprint density at radius 1 is 1.29 bits per heavy atom. The standard InChI is InChI=1S/C14H11BrCl2N2O2/c1-21-14(20)8-5-7(18)6-10(17)13(8)19-11-4-2-3-9(16)12(11)15/h2-6,19H,18H2,1H3. The second-order valence-corrected chi connectivity index (χ2v) is 5.75. The highest BCUT2D eigenvalue weighted by Gasteiger charge is 2.17. The van der Waals surface area contributed by atoms with Crippen molar-refractivity contribution in [2.45, 2.75) is 0 Å². The van der Waals surface area contributed by atoms with E-state index in [1.54, 1.807) is 24.3 Å². The molecule has 0 aliphatic rings. The van der Waals surface area contributed by atoms with Crippen molar-refractivity contribution >= 4 is 62.2 Å². The lowest BCUT2D eigenvalue weighted by molar-refractivity contribution is 0.0602. The Balaban J connectivity index is 2.53. The first-order valence-corrected chi connectivity index (χ1v) is 7.37. The fourth-order valence-corrected chi connectivity index (χ4v) is 2.57. The van der Waals surface area contributed by atoms with Crippen LogP contribution in [0, 0.1) is 0 Å². The summed E-state index contributed by atoms with van der Waals surface area (Å²) in [6.07, 6.45) is 0. The first-order valence-electron chi connectivity index (χ1n) is 5.82. The highest BCUT2D eigenvalue weighted by Crippen LogP contribution is 2.37. The van der Waals surface area contributed by atoms with Gasteiger partial charge in [0.2, 0.25) is 0 Å². The molecule has 0 unspecified atom stereocenters. The fourth-order valence-electron chi connectivity index (χ4n) is 1.76. The van der Waals surface area contributed by atoms with Gasteiger partial charge >= 0.3 is 5.97 Å². The van der Waals surface area contributed by atoms with Gasteiger partial charge < -0.3 is 15.8 Å². The second-order valence-electron chi connectivity index (χ2n) is 4.14. The van der Waals surface area contributed by atoms with Crippen LogP contribution in [0.25, 0.3) is 0 Å². The molecule has 0 heterocycles. The monoisotopic (exact) mass is 388 g/mol. The molecule has 110 valence electrons. The number of benzene rings is 2. The summed E-state index contributed by atoms with van der Waals surface area (Å²) in [6, 6.07) is 8.36. The van der Waals surface area contributed by atoms with Gasteiger partial charge in [0.25, 0.3) is 0 Å². The molecule has 0 aliphatic carbocycles. The molecule has 0 amide bonds. The van der Waals surface area contributed by atoms with E-state index in [9.17, 15) is 4.79 Å². The first-order chi connectivity index (χ1) is 9.93. The van der Waals surface area contributed by atoms with Gasteiger partial charge in [-0.15, -0.1) is 0 Å². The smallest absolute Gasteiger partial charge is 0.340 e. The first kappa shape index (κ1) is 15.9. The van der Waals surface area contributed by atoms with Gasteiger partial charge in [0.05, 0.1) is 38.6 Å². The molecule has 4 nitrogen and oxygen atoms in total. The lowest BCUT2D eigenvalue weighted by atomic mass is 10.1. The number of nitrogens with two attached hydrogens (primary N) is 1. The molecule has 0 atom stereocenters. The van der Waals surface area contributed by atoms with Gasteiger partial charge in [0.15, 0.2) is 0 Å². The maximum absolute atomic E-state index is 11.9. The molecular weight excluding hydrogens is 379 g/mol. The molecule has 0 spiro atoms. The zero-order chi connectivity index (χ0) is 15.6. The Hall–Kier alpha value is -1.43. The van der Waals surface area contributed by atoms with Crippen LogP contribution in [0.15, 0.2) is 34.8 Å². The average molecular weight is 390 g/mol. The van der Waals surface area contributed by atoms with Crippen molar-refractivity contribution in [3.8, 4) is 0 Å². The summed E-state index contributed by atoms with van der Waals surface area (Å²) in [5.74, 6) is -0.537. The third-order valence-corrected chi connectivity index (χ3v) is 4.42. The van der Waals surface area contributed by atoms with Crippen molar-refractivity contribution in [2.75, 3.05) is 18.2 Å². The summed E-state index contributed by atoms with van der Waals surface area (Å²) < 4.78 is 5.41. The van der Waals surface area contributed by atoms with Crippen molar-refractivity contribution in [2.24, 2.45) is 0 Å². The quantitative estimate of drug-likeness (QED) is 0.580. The number of rotatable bonds is 3. The molecule has 0 aliphatic heterocycles. The number of nitrogen functional groups attached to an aromatic ring is 1. The van der Waals surface area contributed by atoms with E-state index in [-0.39, 0.29) is 5.56 Å². The van der Waals surface area contributed by atoms with E-state index >= 15 is 0 Å². The highest BCUT2D eigenvalue weighted by molar-refractivity contribution is 9.10. The molecule has 0 saturated carbocycles. The lowest BCUT2D eigenvalue weighted by Gasteiger charge is -2.15. The molecule has 0 saturated heterocycles. The normalized spacial score (nSPS) is 10.3. The molecule has 2 rings (SSSR count). The van der Waals surface area contributed by atoms with Gasteiger partial charge in [-0.1, -0.05) is 29.3 Å². The van der Waals surface area contributed by atoms with Crippen molar-refractivity contribution in [1.82, 2.24) is 0 Å². The van der Waals surface area contributed by atoms with Crippen LogP contribution < -0.4 is 11.1 Å². The van der Waals surface area contributed by atoms with Gasteiger partial charge in [-0.3, -0.25) is 0 Å². The molecule has 0 fully saturated rings. The number of hydrogen-bond acceptors (Lipinski definition) is 4. The minimum atomic E-state index is -0.537. The van der Waals surface area contributed by atoms with E-state index in [0.717, 1.165) is 0 Å². The largest absolute Gasteiger partial charge is 0.465 e. The third kappa shape index (κ3) is 3.43. The lowest BCUT2D eigenvalue weighted by Crippen LogP contribution is -2.07. The molecule has 0 bridgehead atoms. The summed E-state index contributed by atoms with van der Waals surface area (Å²) in [5, 5.41) is 3.91. The number of nitrogens with one attached hydrogen (secondary N) is 1. The minimum absolute atomic E-state index is 0.245. The summed E-state index contributed by atoms with van der Waals surface area (Å²) >= 11 is 15.6. The predicted molar refractivity (Wildman–Crippen MR) is 89.6 cm³/mol. The Morgan fingerprint density at radius 2 is 2.00 bits per heavy atom. The number of carbonyl (C=O) groups excluding carboxylic acids is 1. The Bertz CT molecular complexity index is 708. The van der Waals surface area contributed by atoms with E-state index in [1.165, 1.54) is 13.2 Å². The highest BCUT2D eigenvalue weighted by atomic mass is 79.9. The molecule has 21 heavy (non-hydrogen) atoms. The van der Waals surface area contributed by atoms with E-state index < -0.39 is 5.97 Å². The van der Waals surface area contributed by atoms with E-state index in [0.29, 0.717) is 31.6 Å². The SMILES string of the molecule is COC(=O)c1cc(N)cc(Cl)c1Nc1cccc(Cl)c1Br. The molecule has 0 aromatic heterocycles. The van der Waals surface area contributed by atoms with E-state index in [1.807, 2.05) is 0 Å². The summed E-state index contributed by atoms with van der Waals surface area (Å²) in [5.41, 5.74) is 7.40. The zero-order valence-corrected chi connectivity index (χ0v) is 14.0. The topological polar surface area (TPSA) is 64.3 Å². The summed E-state index contributed by atoms with van der Waals surface area (Å²) in [6.45, 7) is 0. The van der Waals surface area contributed by atoms with Crippen molar-refractivity contribution in [3.63, 3.8) is 0 Å². The Kier molecular flexibility index (Phi) is 4.98. The van der Waals surface area contributed by atoms with Gasteiger partial charge in [-0.2, -0.15) is 0 Å². The van der Waals surface area contributed by atoms with Gasteiger partial charge in [0.1, 0.15) is 0 Å². The van der Waals surface area contributed by atoms with Crippen LogP contribution in [-0.2, 0) is 4.74 Å². The van der Waals surface area contributed by atoms with Crippen molar-refractivity contribution in [3.05, 3.63) is 50.4 Å². The molecular formula is C14H11BrCl2N2O2. The number of esters is 1. The maximum atomic E-state index is 11.9. The Labute approximate surface area is 140 Å². The number of halogens is 3. The third-order valence-electron chi connectivity index (χ3n) is 2.73. The van der Waals surface area contributed by atoms with Crippen LogP contribution in [0.4, 0.5) is 17.1 Å². The van der Waals surface area contributed by atoms with Crippen LogP contribution in [0.1, 0.15) is 10.4 Å². The van der Waals surface area contributed by atoms with Crippen LogP contribution >= 0.6 is 39.1 Å². The number of carbonyl (C=O) groups is 1. The van der Waals surface area contributed by atoms with Gasteiger partial charge in [-0.05, 0) is 40.2 Å². The van der Waals surface area contributed by atoms with Crippen LogP contribution in [0.3, 0.4) is 0 Å². The number of methoxy groups -OCH3 is 1. The molecule has 0 radical (unpaired) electrons. The van der Waals surface area contributed by atoms with Crippen LogP contribution in [0.5, 0.6) is 0 Å². The van der Waals surface area contributed by atoms with Crippen LogP contribution in [0.2, 0.25) is 10.0 Å². The summed E-state index contributed by atoms with van der Waals surface area (Å²) in [7, 11) is 1.29. The number of hydrogen-bond donors (Lipinski definition) is 2. The van der Waals surface area contributed by atoms with Crippen molar-refractivity contribution < 1.29 is 9.53 Å². The predicted octanol–water partition coefficient (Wildman–Crippen LogP) is 4.87. The second kappa shape index (κ2) is 6.56. The maximum Gasteiger partial charge on any atom is 0.340 e. The summed E-state index contributed by atoms with van der Waals surface area (Å²) in [4.78, 5) is 11.9. The fraction of sp³-hybridized carbons (Fsp3) is 0.0714. The van der Waals surface area contributed by atoms with E-state index in [4.69, 9.17) is 33.7 Å². The van der Waals surface area contributed by atoms with Crippen LogP contribution in [-0.4, -0.2) is 13.1 Å². The number of anilines is 3. The van der Waals surface area contributed by atoms with Gasteiger partial charge in [0, 0.05) is 5.69 Å². The average Bonchev–Trinajstić information content (AvgIpc) is 2.45. The Morgan fingerprint density at radius 3 is 2.67 bits per heavy atom. The number of ether oxygens (including phenoxy) is 1. The molecule has 3 N–H and O–H groups in total. The minimum Gasteiger partial charge on any atom is -0.465 e. The molecule has 2 aromatic carbocycles. The van der Waals surface area contributed by atoms with Crippen molar-refractivity contribution in [1.29, 1.82) is 0 Å².